The zero-order chi connectivity index (χ0) is 17.0. The molecule has 0 saturated heterocycles. The standard InChI is InChI=1S/C18H20N2O3/c1-12(18(22)23-4)17(21)16-10-6-9-15(19-16)13-7-5-8-14(11-13)20(2)3/h5-11,17,21H,1H2,2-4H3. The molecule has 1 unspecified atom stereocenters. The van der Waals surface area contributed by atoms with E-state index in [1.54, 1.807) is 12.1 Å². The second kappa shape index (κ2) is 7.07. The molecule has 1 heterocycles. The third-order valence-electron chi connectivity index (χ3n) is 3.49. The molecule has 0 fully saturated rings. The van der Waals surface area contributed by atoms with Crippen molar-refractivity contribution >= 4 is 11.7 Å². The zero-order valence-electron chi connectivity index (χ0n) is 13.5. The molecule has 0 aliphatic carbocycles. The van der Waals surface area contributed by atoms with Crippen LogP contribution in [0.4, 0.5) is 5.69 Å². The van der Waals surface area contributed by atoms with Crippen LogP contribution in [0.5, 0.6) is 0 Å². The van der Waals surface area contributed by atoms with Crippen molar-refractivity contribution in [3.63, 3.8) is 0 Å². The summed E-state index contributed by atoms with van der Waals surface area (Å²) >= 11 is 0. The van der Waals surface area contributed by atoms with Crippen LogP contribution in [0, 0.1) is 0 Å². The summed E-state index contributed by atoms with van der Waals surface area (Å²) in [4.78, 5) is 17.9. The number of rotatable bonds is 5. The molecular formula is C18H20N2O3. The number of nitrogens with zero attached hydrogens (tertiary/aromatic N) is 2. The Hall–Kier alpha value is -2.66. The lowest BCUT2D eigenvalue weighted by Crippen LogP contribution is -2.13. The lowest BCUT2D eigenvalue weighted by molar-refractivity contribution is -0.137. The summed E-state index contributed by atoms with van der Waals surface area (Å²) < 4.78 is 4.58. The number of carbonyl (C=O) groups is 1. The van der Waals surface area contributed by atoms with Crippen LogP contribution in [-0.2, 0) is 9.53 Å². The number of pyridine rings is 1. The van der Waals surface area contributed by atoms with E-state index in [0.29, 0.717) is 11.4 Å². The normalized spacial score (nSPS) is 11.7. The Balaban J connectivity index is 2.35. The minimum Gasteiger partial charge on any atom is -0.466 e. The van der Waals surface area contributed by atoms with E-state index in [4.69, 9.17) is 0 Å². The highest BCUT2D eigenvalue weighted by atomic mass is 16.5. The second-order valence-electron chi connectivity index (χ2n) is 5.31. The number of aliphatic hydroxyl groups is 1. The molecule has 0 aliphatic heterocycles. The number of hydrogen-bond donors (Lipinski definition) is 1. The number of aliphatic hydroxyl groups excluding tert-OH is 1. The summed E-state index contributed by atoms with van der Waals surface area (Å²) in [6.45, 7) is 3.57. The van der Waals surface area contributed by atoms with E-state index >= 15 is 0 Å². The van der Waals surface area contributed by atoms with Crippen LogP contribution in [0.15, 0.2) is 54.6 Å². The Bertz CT molecular complexity index is 726. The fourth-order valence-electron chi connectivity index (χ4n) is 2.13. The van der Waals surface area contributed by atoms with Gasteiger partial charge in [-0.15, -0.1) is 0 Å². The number of carbonyl (C=O) groups excluding carboxylic acids is 1. The van der Waals surface area contributed by atoms with Crippen molar-refractivity contribution in [2.24, 2.45) is 0 Å². The summed E-state index contributed by atoms with van der Waals surface area (Å²) in [5, 5.41) is 10.2. The molecule has 2 aromatic rings. The third kappa shape index (κ3) is 3.76. The summed E-state index contributed by atoms with van der Waals surface area (Å²) in [5.41, 5.74) is 3.00. The van der Waals surface area contributed by atoms with E-state index in [1.165, 1.54) is 7.11 Å². The number of esters is 1. The molecule has 0 aliphatic rings. The quantitative estimate of drug-likeness (QED) is 0.679. The van der Waals surface area contributed by atoms with Crippen molar-refractivity contribution in [2.75, 3.05) is 26.1 Å². The monoisotopic (exact) mass is 312 g/mol. The molecule has 0 amide bonds. The van der Waals surface area contributed by atoms with Gasteiger partial charge in [0.25, 0.3) is 0 Å². The number of benzene rings is 1. The van der Waals surface area contributed by atoms with E-state index < -0.39 is 12.1 Å². The average Bonchev–Trinajstić information content (AvgIpc) is 2.59. The van der Waals surface area contributed by atoms with Gasteiger partial charge in [0.15, 0.2) is 0 Å². The van der Waals surface area contributed by atoms with Gasteiger partial charge in [0, 0.05) is 25.3 Å². The lowest BCUT2D eigenvalue weighted by atomic mass is 10.1. The summed E-state index contributed by atoms with van der Waals surface area (Å²) in [6.07, 6.45) is -1.19. The van der Waals surface area contributed by atoms with Crippen molar-refractivity contribution in [1.29, 1.82) is 0 Å². The van der Waals surface area contributed by atoms with Crippen LogP contribution in [0.3, 0.4) is 0 Å². The summed E-state index contributed by atoms with van der Waals surface area (Å²) in [7, 11) is 5.18. The van der Waals surface area contributed by atoms with Crippen molar-refractivity contribution in [3.05, 3.63) is 60.3 Å². The molecule has 5 heteroatoms. The third-order valence-corrected chi connectivity index (χ3v) is 3.49. The van der Waals surface area contributed by atoms with Crippen LogP contribution < -0.4 is 4.90 Å². The Labute approximate surface area is 135 Å². The predicted molar refractivity (Wildman–Crippen MR) is 90.1 cm³/mol. The lowest BCUT2D eigenvalue weighted by Gasteiger charge is -2.15. The number of ether oxygens (including phenoxy) is 1. The molecule has 0 saturated carbocycles. The number of hydrogen-bond acceptors (Lipinski definition) is 5. The van der Waals surface area contributed by atoms with Crippen molar-refractivity contribution in [3.8, 4) is 11.3 Å². The molecule has 1 aromatic heterocycles. The first-order chi connectivity index (χ1) is 10.9. The highest BCUT2D eigenvalue weighted by Gasteiger charge is 2.20. The Morgan fingerprint density at radius 3 is 2.61 bits per heavy atom. The number of methoxy groups -OCH3 is 1. The first-order valence-electron chi connectivity index (χ1n) is 7.14. The summed E-state index contributed by atoms with van der Waals surface area (Å²) in [5.74, 6) is -0.653. The minimum absolute atomic E-state index is 0.0424. The first kappa shape index (κ1) is 16.7. The summed E-state index contributed by atoms with van der Waals surface area (Å²) in [6, 6.07) is 13.2. The van der Waals surface area contributed by atoms with E-state index in [2.05, 4.69) is 16.3 Å². The number of aromatic nitrogens is 1. The van der Waals surface area contributed by atoms with Crippen LogP contribution in [-0.4, -0.2) is 37.3 Å². The van der Waals surface area contributed by atoms with Crippen LogP contribution in [0.1, 0.15) is 11.8 Å². The first-order valence-corrected chi connectivity index (χ1v) is 7.14. The van der Waals surface area contributed by atoms with E-state index in [-0.39, 0.29) is 5.57 Å². The van der Waals surface area contributed by atoms with Gasteiger partial charge in [-0.25, -0.2) is 9.78 Å². The van der Waals surface area contributed by atoms with E-state index in [0.717, 1.165) is 11.3 Å². The van der Waals surface area contributed by atoms with Gasteiger partial charge in [0.2, 0.25) is 0 Å². The number of anilines is 1. The van der Waals surface area contributed by atoms with Crippen LogP contribution in [0.25, 0.3) is 11.3 Å². The van der Waals surface area contributed by atoms with Crippen LogP contribution in [0.2, 0.25) is 0 Å². The van der Waals surface area contributed by atoms with Crippen molar-refractivity contribution in [1.82, 2.24) is 4.98 Å². The van der Waals surface area contributed by atoms with Gasteiger partial charge < -0.3 is 14.7 Å². The highest BCUT2D eigenvalue weighted by molar-refractivity contribution is 5.88. The van der Waals surface area contributed by atoms with Gasteiger partial charge in [-0.05, 0) is 24.3 Å². The molecule has 2 rings (SSSR count). The maximum absolute atomic E-state index is 11.5. The van der Waals surface area contributed by atoms with Gasteiger partial charge >= 0.3 is 5.97 Å². The predicted octanol–water partition coefficient (Wildman–Crippen LogP) is 2.58. The topological polar surface area (TPSA) is 62.7 Å². The van der Waals surface area contributed by atoms with Crippen molar-refractivity contribution < 1.29 is 14.6 Å². The Morgan fingerprint density at radius 2 is 1.96 bits per heavy atom. The molecule has 0 spiro atoms. The van der Waals surface area contributed by atoms with Crippen LogP contribution >= 0.6 is 0 Å². The highest BCUT2D eigenvalue weighted by Crippen LogP contribution is 2.25. The fraction of sp³-hybridized carbons (Fsp3) is 0.222. The molecule has 0 radical (unpaired) electrons. The smallest absolute Gasteiger partial charge is 0.336 e. The maximum atomic E-state index is 11.5. The van der Waals surface area contributed by atoms with Gasteiger partial charge in [-0.3, -0.25) is 0 Å². The SMILES string of the molecule is C=C(C(=O)OC)C(O)c1cccc(-c2cccc(N(C)C)c2)n1. The molecule has 0 bridgehead atoms. The molecular weight excluding hydrogens is 292 g/mol. The molecule has 120 valence electrons. The Morgan fingerprint density at radius 1 is 1.26 bits per heavy atom. The maximum Gasteiger partial charge on any atom is 0.336 e. The van der Waals surface area contributed by atoms with Gasteiger partial charge in [0.1, 0.15) is 6.10 Å². The second-order valence-corrected chi connectivity index (χ2v) is 5.31. The van der Waals surface area contributed by atoms with E-state index in [9.17, 15) is 9.90 Å². The van der Waals surface area contributed by atoms with Gasteiger partial charge in [0.05, 0.1) is 24.1 Å². The van der Waals surface area contributed by atoms with E-state index in [1.807, 2.05) is 49.3 Å². The average molecular weight is 312 g/mol. The fourth-order valence-corrected chi connectivity index (χ4v) is 2.13. The Kier molecular flexibility index (Phi) is 5.13. The largest absolute Gasteiger partial charge is 0.466 e. The van der Waals surface area contributed by atoms with Gasteiger partial charge in [-0.1, -0.05) is 24.8 Å². The molecule has 1 atom stereocenters. The molecule has 1 aromatic carbocycles. The van der Waals surface area contributed by atoms with Gasteiger partial charge in [-0.2, -0.15) is 0 Å². The zero-order valence-corrected chi connectivity index (χ0v) is 13.5. The molecule has 23 heavy (non-hydrogen) atoms. The minimum atomic E-state index is -1.19. The van der Waals surface area contributed by atoms with Crippen molar-refractivity contribution in [2.45, 2.75) is 6.10 Å². The molecule has 1 N–H and O–H groups in total. The molecule has 5 nitrogen and oxygen atoms in total.